The number of benzene rings is 2. The largest absolute Gasteiger partial charge is 0.504 e. The molecule has 0 radical (unpaired) electrons. The molecule has 0 aliphatic carbocycles. The quantitative estimate of drug-likeness (QED) is 0.324. The van der Waals surface area contributed by atoms with Gasteiger partial charge in [-0.3, -0.25) is 4.79 Å². The normalized spacial score (nSPS) is 14.3. The highest BCUT2D eigenvalue weighted by Crippen LogP contribution is 2.38. The van der Waals surface area contributed by atoms with Crippen LogP contribution in [0.1, 0.15) is 38.5 Å². The van der Waals surface area contributed by atoms with Gasteiger partial charge in [0.15, 0.2) is 17.1 Å². The van der Waals surface area contributed by atoms with Crippen molar-refractivity contribution >= 4 is 16.7 Å². The minimum Gasteiger partial charge on any atom is -0.504 e. The predicted octanol–water partition coefficient (Wildman–Crippen LogP) is 4.90. The minimum absolute atomic E-state index is 0.0453. The molecule has 2 N–H and O–H groups in total. The van der Waals surface area contributed by atoms with E-state index in [2.05, 4.69) is 28.8 Å². The molecular formula is C30H41N3O5. The van der Waals surface area contributed by atoms with E-state index in [1.54, 1.807) is 0 Å². The lowest BCUT2D eigenvalue weighted by Crippen LogP contribution is -2.32. The molecule has 1 fully saturated rings. The second-order valence-electron chi connectivity index (χ2n) is 10.3. The topological polar surface area (TPSA) is 89.6 Å². The van der Waals surface area contributed by atoms with Gasteiger partial charge < -0.3 is 34.1 Å². The molecule has 3 aromatic rings. The van der Waals surface area contributed by atoms with Crippen LogP contribution in [-0.4, -0.2) is 80.5 Å². The molecular weight excluding hydrogens is 482 g/mol. The number of rotatable bonds is 12. The Hall–Kier alpha value is -3.23. The van der Waals surface area contributed by atoms with E-state index in [9.17, 15) is 15.0 Å². The summed E-state index contributed by atoms with van der Waals surface area (Å²) in [5, 5.41) is 20.8. The third-order valence-electron chi connectivity index (χ3n) is 7.49. The van der Waals surface area contributed by atoms with Crippen LogP contribution in [0.25, 0.3) is 22.3 Å². The number of unbranched alkanes of at least 4 members (excludes halogenated alkanes) is 1. The Morgan fingerprint density at radius 1 is 0.921 bits per heavy atom. The number of methoxy groups -OCH3 is 1. The van der Waals surface area contributed by atoms with Crippen molar-refractivity contribution in [3.05, 3.63) is 46.6 Å². The molecule has 0 amide bonds. The Balaban J connectivity index is 1.29. The van der Waals surface area contributed by atoms with Crippen LogP contribution in [0.2, 0.25) is 0 Å². The van der Waals surface area contributed by atoms with Crippen molar-refractivity contribution in [3.8, 4) is 28.6 Å². The number of likely N-dealkylation sites (tertiary alicyclic amines) is 1. The van der Waals surface area contributed by atoms with Crippen LogP contribution >= 0.6 is 0 Å². The number of piperidine rings is 1. The van der Waals surface area contributed by atoms with E-state index in [-0.39, 0.29) is 28.2 Å². The van der Waals surface area contributed by atoms with Gasteiger partial charge in [0.05, 0.1) is 12.5 Å². The Bertz CT molecular complexity index is 1250. The third kappa shape index (κ3) is 6.60. The van der Waals surface area contributed by atoms with Gasteiger partial charge in [0.25, 0.3) is 0 Å². The van der Waals surface area contributed by atoms with Crippen molar-refractivity contribution in [3.63, 3.8) is 0 Å². The van der Waals surface area contributed by atoms with Gasteiger partial charge in [-0.1, -0.05) is 6.42 Å². The Kier molecular flexibility index (Phi) is 9.53. The summed E-state index contributed by atoms with van der Waals surface area (Å²) in [4.78, 5) is 20.0. The van der Waals surface area contributed by atoms with Crippen LogP contribution in [-0.2, 0) is 0 Å². The van der Waals surface area contributed by atoms with Gasteiger partial charge in [0, 0.05) is 24.8 Å². The van der Waals surface area contributed by atoms with Gasteiger partial charge in [-0.15, -0.1) is 0 Å². The zero-order valence-electron chi connectivity index (χ0n) is 22.9. The van der Waals surface area contributed by atoms with Crippen molar-refractivity contribution in [1.82, 2.24) is 9.80 Å². The highest BCUT2D eigenvalue weighted by Gasteiger charge is 2.20. The molecule has 8 heteroatoms. The molecule has 2 aromatic carbocycles. The van der Waals surface area contributed by atoms with Crippen LogP contribution in [0, 0.1) is 0 Å². The molecule has 0 bridgehead atoms. The molecule has 1 aliphatic heterocycles. The molecule has 38 heavy (non-hydrogen) atoms. The summed E-state index contributed by atoms with van der Waals surface area (Å²) >= 11 is 0. The van der Waals surface area contributed by atoms with Gasteiger partial charge in [-0.25, -0.2) is 0 Å². The van der Waals surface area contributed by atoms with Crippen LogP contribution in [0.5, 0.6) is 17.2 Å². The average Bonchev–Trinajstić information content (AvgIpc) is 2.93. The van der Waals surface area contributed by atoms with Crippen molar-refractivity contribution in [1.29, 1.82) is 0 Å². The van der Waals surface area contributed by atoms with Crippen LogP contribution in [0.4, 0.5) is 5.69 Å². The number of phenolic OH excluding ortho intramolecular Hbond substituents is 1. The second kappa shape index (κ2) is 13.0. The zero-order chi connectivity index (χ0) is 27.1. The first-order chi connectivity index (χ1) is 18.4. The molecule has 2 heterocycles. The summed E-state index contributed by atoms with van der Waals surface area (Å²) in [5.41, 5.74) is 1.14. The summed E-state index contributed by atoms with van der Waals surface area (Å²) < 4.78 is 11.1. The number of fused-ring (bicyclic) bond motifs is 1. The molecule has 1 saturated heterocycles. The molecule has 4 rings (SSSR count). The maximum atomic E-state index is 12.7. The molecule has 0 atom stereocenters. The van der Waals surface area contributed by atoms with Crippen molar-refractivity contribution in [2.75, 3.05) is 65.4 Å². The lowest BCUT2D eigenvalue weighted by molar-refractivity contribution is 0.211. The van der Waals surface area contributed by atoms with E-state index in [0.29, 0.717) is 5.56 Å². The van der Waals surface area contributed by atoms with E-state index in [4.69, 9.17) is 9.15 Å². The first kappa shape index (κ1) is 27.8. The fraction of sp³-hybridized carbons (Fsp3) is 0.500. The number of anilines is 1. The number of aromatic hydroxyl groups is 2. The first-order valence-electron chi connectivity index (χ1n) is 13.7. The lowest BCUT2D eigenvalue weighted by atomic mass is 10.1. The number of hydrogen-bond acceptors (Lipinski definition) is 8. The smallest absolute Gasteiger partial charge is 0.235 e. The Labute approximate surface area is 225 Å². The molecule has 0 spiro atoms. The predicted molar refractivity (Wildman–Crippen MR) is 153 cm³/mol. The Morgan fingerprint density at radius 2 is 1.61 bits per heavy atom. The van der Waals surface area contributed by atoms with Crippen molar-refractivity contribution in [2.24, 2.45) is 0 Å². The zero-order valence-corrected chi connectivity index (χ0v) is 22.9. The van der Waals surface area contributed by atoms with Gasteiger partial charge >= 0.3 is 0 Å². The van der Waals surface area contributed by atoms with Crippen molar-refractivity contribution < 1.29 is 19.4 Å². The Morgan fingerprint density at radius 3 is 2.32 bits per heavy atom. The van der Waals surface area contributed by atoms with Crippen LogP contribution < -0.4 is 15.1 Å². The molecule has 8 nitrogen and oxygen atoms in total. The summed E-state index contributed by atoms with van der Waals surface area (Å²) in [6.45, 7) is 6.96. The third-order valence-corrected chi connectivity index (χ3v) is 7.49. The highest BCUT2D eigenvalue weighted by molar-refractivity contribution is 5.88. The number of hydrogen-bond donors (Lipinski definition) is 2. The highest BCUT2D eigenvalue weighted by atomic mass is 16.5. The monoisotopic (exact) mass is 523 g/mol. The van der Waals surface area contributed by atoms with E-state index in [1.807, 2.05) is 24.3 Å². The van der Waals surface area contributed by atoms with E-state index < -0.39 is 11.2 Å². The first-order valence-corrected chi connectivity index (χ1v) is 13.7. The molecule has 0 saturated carbocycles. The summed E-state index contributed by atoms with van der Waals surface area (Å²) in [6.07, 6.45) is 7.59. The maximum absolute atomic E-state index is 12.7. The molecule has 1 aliphatic rings. The van der Waals surface area contributed by atoms with Crippen LogP contribution in [0.15, 0.2) is 45.6 Å². The lowest BCUT2D eigenvalue weighted by Gasteiger charge is -2.27. The number of nitrogens with zero attached hydrogens (tertiary/aromatic N) is 3. The van der Waals surface area contributed by atoms with Gasteiger partial charge in [-0.05, 0) is 108 Å². The molecule has 0 unspecified atom stereocenters. The SMILES string of the molecule is COc1c(O)ccc2c(=O)c(O)c(-c3ccc(N(C)CCCCN(C)CCCN4CCCCC4)cc3)oc12. The number of phenols is 1. The van der Waals surface area contributed by atoms with E-state index >= 15 is 0 Å². The van der Waals surface area contributed by atoms with Crippen molar-refractivity contribution in [2.45, 2.75) is 38.5 Å². The maximum Gasteiger partial charge on any atom is 0.235 e. The van der Waals surface area contributed by atoms with E-state index in [0.717, 1.165) is 38.2 Å². The summed E-state index contributed by atoms with van der Waals surface area (Å²) in [7, 11) is 5.68. The second-order valence-corrected chi connectivity index (χ2v) is 10.3. The standard InChI is InChI=1S/C30H41N3O5/c1-31(17-9-21-33-19-5-4-6-20-33)16-7-8-18-32(2)23-12-10-22(11-13-23)28-27(36)26(35)24-14-15-25(34)30(37-3)29(24)38-28/h10-15,34,36H,4-9,16-21H2,1-3H3. The summed E-state index contributed by atoms with van der Waals surface area (Å²) in [5.74, 6) is -0.499. The fourth-order valence-corrected chi connectivity index (χ4v) is 5.19. The van der Waals surface area contributed by atoms with Gasteiger partial charge in [0.2, 0.25) is 16.9 Å². The minimum atomic E-state index is -0.572. The fourth-order valence-electron chi connectivity index (χ4n) is 5.19. The average molecular weight is 524 g/mol. The van der Waals surface area contributed by atoms with Gasteiger partial charge in [0.1, 0.15) is 0 Å². The number of ether oxygens (including phenoxy) is 1. The van der Waals surface area contributed by atoms with E-state index in [1.165, 1.54) is 64.6 Å². The molecule has 206 valence electrons. The summed E-state index contributed by atoms with van der Waals surface area (Å²) in [6, 6.07) is 10.3. The molecule has 1 aromatic heterocycles. The van der Waals surface area contributed by atoms with Crippen LogP contribution in [0.3, 0.4) is 0 Å². The van der Waals surface area contributed by atoms with Gasteiger partial charge in [-0.2, -0.15) is 0 Å².